The van der Waals surface area contributed by atoms with Gasteiger partial charge >= 0.3 is 0 Å². The van der Waals surface area contributed by atoms with E-state index in [1.165, 1.54) is 11.3 Å². The summed E-state index contributed by atoms with van der Waals surface area (Å²) in [5.41, 5.74) is 2.66. The van der Waals surface area contributed by atoms with E-state index in [-0.39, 0.29) is 12.2 Å². The van der Waals surface area contributed by atoms with Gasteiger partial charge in [-0.25, -0.2) is 9.66 Å². The first kappa shape index (κ1) is 15.7. The second kappa shape index (κ2) is 6.52. The van der Waals surface area contributed by atoms with Crippen molar-refractivity contribution in [3.63, 3.8) is 0 Å². The van der Waals surface area contributed by atoms with Crippen molar-refractivity contribution in [2.24, 2.45) is 0 Å². The summed E-state index contributed by atoms with van der Waals surface area (Å²) in [6, 6.07) is 10.1. The maximum Gasteiger partial charge on any atom is 0.281 e. The number of ether oxygens (including phenoxy) is 1. The Morgan fingerprint density at radius 1 is 1.38 bits per heavy atom. The fourth-order valence-electron chi connectivity index (χ4n) is 2.08. The van der Waals surface area contributed by atoms with Crippen molar-refractivity contribution in [1.82, 2.24) is 9.66 Å². The van der Waals surface area contributed by atoms with Crippen molar-refractivity contribution in [1.29, 1.82) is 5.26 Å². The van der Waals surface area contributed by atoms with Gasteiger partial charge in [-0.3, -0.25) is 15.0 Å². The summed E-state index contributed by atoms with van der Waals surface area (Å²) in [4.78, 5) is 29.3. The van der Waals surface area contributed by atoms with Crippen LogP contribution in [0.3, 0.4) is 0 Å². The summed E-state index contributed by atoms with van der Waals surface area (Å²) in [7, 11) is 0. The molecule has 0 aliphatic heterocycles. The van der Waals surface area contributed by atoms with Crippen LogP contribution in [0.5, 0.6) is 5.75 Å². The lowest BCUT2D eigenvalue weighted by molar-refractivity contribution is -0.119. The third kappa shape index (κ3) is 3.11. The second-order valence-electron chi connectivity index (χ2n) is 4.90. The number of nitrogens with one attached hydrogen (secondary N) is 1. The van der Waals surface area contributed by atoms with Crippen LogP contribution in [0.25, 0.3) is 10.2 Å². The lowest BCUT2D eigenvalue weighted by Crippen LogP contribution is -2.37. The SMILES string of the molecule is Cc1nc2sccc2c(=O)n1NC(=O)COc1ccc(C#N)cc1. The summed E-state index contributed by atoms with van der Waals surface area (Å²) in [6.45, 7) is 1.38. The Bertz CT molecular complexity index is 999. The van der Waals surface area contributed by atoms with Crippen LogP contribution >= 0.6 is 11.3 Å². The van der Waals surface area contributed by atoms with E-state index >= 15 is 0 Å². The smallest absolute Gasteiger partial charge is 0.281 e. The van der Waals surface area contributed by atoms with Crippen molar-refractivity contribution >= 4 is 27.5 Å². The van der Waals surface area contributed by atoms with E-state index in [4.69, 9.17) is 10.00 Å². The topological polar surface area (TPSA) is 97.0 Å². The quantitative estimate of drug-likeness (QED) is 0.781. The van der Waals surface area contributed by atoms with Crippen molar-refractivity contribution in [3.8, 4) is 11.8 Å². The number of carbonyl (C=O) groups is 1. The van der Waals surface area contributed by atoms with E-state index in [0.29, 0.717) is 27.4 Å². The first-order valence-corrected chi connectivity index (χ1v) is 7.86. The summed E-state index contributed by atoms with van der Waals surface area (Å²) in [5.74, 6) is 0.363. The summed E-state index contributed by atoms with van der Waals surface area (Å²) in [6.07, 6.45) is 0. The number of nitriles is 1. The van der Waals surface area contributed by atoms with E-state index in [2.05, 4.69) is 10.4 Å². The zero-order valence-electron chi connectivity index (χ0n) is 12.6. The molecule has 1 aromatic carbocycles. The van der Waals surface area contributed by atoms with Gasteiger partial charge in [-0.15, -0.1) is 11.3 Å². The van der Waals surface area contributed by atoms with Gasteiger partial charge in [0.05, 0.1) is 17.0 Å². The molecule has 0 aliphatic carbocycles. The number of thiophene rings is 1. The van der Waals surface area contributed by atoms with Gasteiger partial charge < -0.3 is 4.74 Å². The van der Waals surface area contributed by atoms with E-state index in [0.717, 1.165) is 4.68 Å². The number of aromatic nitrogens is 2. The van der Waals surface area contributed by atoms with Gasteiger partial charge in [0.15, 0.2) is 6.61 Å². The molecule has 0 aliphatic rings. The Kier molecular flexibility index (Phi) is 4.26. The van der Waals surface area contributed by atoms with Crippen LogP contribution in [0.15, 0.2) is 40.5 Å². The molecule has 0 spiro atoms. The third-order valence-corrected chi connectivity index (χ3v) is 4.06. The first-order chi connectivity index (χ1) is 11.6. The zero-order valence-corrected chi connectivity index (χ0v) is 13.5. The molecule has 0 saturated carbocycles. The van der Waals surface area contributed by atoms with E-state index < -0.39 is 5.91 Å². The minimum Gasteiger partial charge on any atom is -0.484 e. The summed E-state index contributed by atoms with van der Waals surface area (Å²) in [5, 5.41) is 11.0. The lowest BCUT2D eigenvalue weighted by Gasteiger charge is -2.11. The number of hydrogen-bond donors (Lipinski definition) is 1. The predicted molar refractivity (Wildman–Crippen MR) is 89.6 cm³/mol. The van der Waals surface area contributed by atoms with Gasteiger partial charge in [-0.2, -0.15) is 5.26 Å². The molecule has 0 fully saturated rings. The average Bonchev–Trinajstić information content (AvgIpc) is 3.05. The molecule has 2 aromatic heterocycles. The van der Waals surface area contributed by atoms with E-state index in [1.807, 2.05) is 6.07 Å². The number of carbonyl (C=O) groups excluding carboxylic acids is 1. The van der Waals surface area contributed by atoms with Crippen LogP contribution in [-0.2, 0) is 4.79 Å². The van der Waals surface area contributed by atoms with Crippen molar-refractivity contribution < 1.29 is 9.53 Å². The minimum absolute atomic E-state index is 0.264. The normalized spacial score (nSPS) is 10.3. The van der Waals surface area contributed by atoms with Crippen LogP contribution in [0.1, 0.15) is 11.4 Å². The molecule has 1 N–H and O–H groups in total. The number of fused-ring (bicyclic) bond motifs is 1. The van der Waals surface area contributed by atoms with Gasteiger partial charge in [0.1, 0.15) is 16.4 Å². The number of aryl methyl sites for hydroxylation is 1. The maximum absolute atomic E-state index is 12.3. The average molecular weight is 340 g/mol. The van der Waals surface area contributed by atoms with Crippen LogP contribution < -0.4 is 15.7 Å². The Balaban J connectivity index is 1.70. The molecule has 0 saturated heterocycles. The highest BCUT2D eigenvalue weighted by Gasteiger charge is 2.12. The molecule has 24 heavy (non-hydrogen) atoms. The van der Waals surface area contributed by atoms with Crippen molar-refractivity contribution in [3.05, 3.63) is 57.5 Å². The highest BCUT2D eigenvalue weighted by molar-refractivity contribution is 7.16. The summed E-state index contributed by atoms with van der Waals surface area (Å²) < 4.78 is 6.45. The molecule has 8 heteroatoms. The molecular weight excluding hydrogens is 328 g/mol. The summed E-state index contributed by atoms with van der Waals surface area (Å²) >= 11 is 1.37. The molecule has 0 radical (unpaired) electrons. The van der Waals surface area contributed by atoms with E-state index in [9.17, 15) is 9.59 Å². The van der Waals surface area contributed by atoms with Crippen LogP contribution in [0, 0.1) is 18.3 Å². The first-order valence-electron chi connectivity index (χ1n) is 6.98. The largest absolute Gasteiger partial charge is 0.484 e. The lowest BCUT2D eigenvalue weighted by atomic mass is 10.2. The van der Waals surface area contributed by atoms with Gasteiger partial charge in [-0.05, 0) is 42.6 Å². The number of hydrogen-bond acceptors (Lipinski definition) is 6. The van der Waals surface area contributed by atoms with Gasteiger partial charge in [0.25, 0.3) is 11.5 Å². The van der Waals surface area contributed by atoms with Crippen LogP contribution in [0.2, 0.25) is 0 Å². The Morgan fingerprint density at radius 2 is 2.12 bits per heavy atom. The van der Waals surface area contributed by atoms with Crippen LogP contribution in [-0.4, -0.2) is 22.2 Å². The molecule has 2 heterocycles. The second-order valence-corrected chi connectivity index (χ2v) is 5.79. The number of rotatable bonds is 4. The Hall–Kier alpha value is -3.18. The van der Waals surface area contributed by atoms with Gasteiger partial charge in [0, 0.05) is 0 Å². The molecular formula is C16H12N4O3S. The van der Waals surface area contributed by atoms with Gasteiger partial charge in [0.2, 0.25) is 0 Å². The van der Waals surface area contributed by atoms with Crippen molar-refractivity contribution in [2.45, 2.75) is 6.92 Å². The number of benzene rings is 1. The molecule has 0 bridgehead atoms. The van der Waals surface area contributed by atoms with Crippen LogP contribution in [0.4, 0.5) is 0 Å². The molecule has 3 aromatic rings. The highest BCUT2D eigenvalue weighted by Crippen LogP contribution is 2.14. The fraction of sp³-hybridized carbons (Fsp3) is 0.125. The molecule has 0 unspecified atom stereocenters. The molecule has 0 atom stereocenters. The molecule has 7 nitrogen and oxygen atoms in total. The van der Waals surface area contributed by atoms with Crippen molar-refractivity contribution in [2.75, 3.05) is 12.0 Å². The maximum atomic E-state index is 12.3. The monoisotopic (exact) mass is 340 g/mol. The number of nitrogens with zero attached hydrogens (tertiary/aromatic N) is 3. The Morgan fingerprint density at radius 3 is 2.83 bits per heavy atom. The highest BCUT2D eigenvalue weighted by atomic mass is 32.1. The number of amides is 1. The zero-order chi connectivity index (χ0) is 17.1. The standard InChI is InChI=1S/C16H12N4O3S/c1-10-18-15-13(6-7-24-15)16(22)20(10)19-14(21)9-23-12-4-2-11(8-17)3-5-12/h2-7H,9H2,1H3,(H,19,21). The molecule has 1 amide bonds. The van der Waals surface area contributed by atoms with Gasteiger partial charge in [-0.1, -0.05) is 0 Å². The minimum atomic E-state index is -0.485. The predicted octanol–water partition coefficient (Wildman–Crippen LogP) is 1.79. The fourth-order valence-corrected chi connectivity index (χ4v) is 2.88. The third-order valence-electron chi connectivity index (χ3n) is 3.26. The molecule has 3 rings (SSSR count). The van der Waals surface area contributed by atoms with E-state index in [1.54, 1.807) is 42.6 Å². The Labute approximate surface area is 140 Å². The molecule has 120 valence electrons.